The van der Waals surface area contributed by atoms with Gasteiger partial charge < -0.3 is 0 Å². The molecule has 2 rings (SSSR count). The summed E-state index contributed by atoms with van der Waals surface area (Å²) in [5, 5.41) is 10.7. The third-order valence-electron chi connectivity index (χ3n) is 2.56. The zero-order valence-electron chi connectivity index (χ0n) is 9.48. The minimum atomic E-state index is -0.376. The minimum absolute atomic E-state index is 0.114. The van der Waals surface area contributed by atoms with Crippen molar-refractivity contribution < 1.29 is 4.92 Å². The molecule has 7 heteroatoms. The zero-order chi connectivity index (χ0) is 14.0. The number of benzene rings is 1. The van der Waals surface area contributed by atoms with Gasteiger partial charge in [-0.3, -0.25) is 10.1 Å². The Morgan fingerprint density at radius 1 is 1.37 bits per heavy atom. The molecule has 100 valence electrons. The molecule has 1 aromatic carbocycles. The van der Waals surface area contributed by atoms with Gasteiger partial charge in [-0.1, -0.05) is 18.2 Å². The van der Waals surface area contributed by atoms with Crippen LogP contribution in [-0.4, -0.2) is 4.92 Å². The van der Waals surface area contributed by atoms with Crippen molar-refractivity contribution in [2.75, 3.05) is 0 Å². The Morgan fingerprint density at radius 2 is 2.05 bits per heavy atom. The lowest BCUT2D eigenvalue weighted by atomic mass is 10.1. The van der Waals surface area contributed by atoms with Crippen LogP contribution in [0.3, 0.4) is 0 Å². The van der Waals surface area contributed by atoms with E-state index in [0.717, 1.165) is 13.1 Å². The predicted molar refractivity (Wildman–Crippen MR) is 85.1 cm³/mol. The van der Waals surface area contributed by atoms with Gasteiger partial charge in [-0.05, 0) is 37.9 Å². The molecule has 1 unspecified atom stereocenters. The van der Waals surface area contributed by atoms with Crippen LogP contribution in [0, 0.1) is 10.1 Å². The summed E-state index contributed by atoms with van der Waals surface area (Å²) in [4.78, 5) is 11.5. The van der Waals surface area contributed by atoms with Crippen molar-refractivity contribution in [2.45, 2.75) is 11.8 Å². The van der Waals surface area contributed by atoms with Crippen molar-refractivity contribution >= 4 is 60.5 Å². The standard InChI is InChI=1S/C12H8Br2ClNO2S/c13-8-6-11(19-12(8)14)9(15)5-7-3-1-2-4-10(7)16(17)18/h1-4,6,9H,5H2. The monoisotopic (exact) mass is 423 g/mol. The molecule has 3 nitrogen and oxygen atoms in total. The van der Waals surface area contributed by atoms with Crippen LogP contribution in [0.4, 0.5) is 5.69 Å². The second-order valence-corrected chi connectivity index (χ2v) is 7.61. The lowest BCUT2D eigenvalue weighted by Gasteiger charge is -2.07. The maximum Gasteiger partial charge on any atom is 0.272 e. The van der Waals surface area contributed by atoms with Gasteiger partial charge in [0.1, 0.15) is 0 Å². The molecular weight excluding hydrogens is 417 g/mol. The summed E-state index contributed by atoms with van der Waals surface area (Å²) in [6.07, 6.45) is 0.429. The van der Waals surface area contributed by atoms with Gasteiger partial charge in [0, 0.05) is 27.4 Å². The molecule has 2 aromatic rings. The molecule has 0 amide bonds. The quantitative estimate of drug-likeness (QED) is 0.358. The summed E-state index contributed by atoms with van der Waals surface area (Å²) in [7, 11) is 0. The number of nitro groups is 1. The van der Waals surface area contributed by atoms with E-state index in [4.69, 9.17) is 11.6 Å². The van der Waals surface area contributed by atoms with Crippen LogP contribution in [0.5, 0.6) is 0 Å². The molecule has 0 aliphatic carbocycles. The maximum atomic E-state index is 10.9. The molecule has 0 saturated carbocycles. The van der Waals surface area contributed by atoms with Gasteiger partial charge in [0.2, 0.25) is 0 Å². The second kappa shape index (κ2) is 6.35. The van der Waals surface area contributed by atoms with E-state index in [1.807, 2.05) is 6.07 Å². The van der Waals surface area contributed by atoms with E-state index in [1.165, 1.54) is 17.4 Å². The van der Waals surface area contributed by atoms with Crippen molar-refractivity contribution in [1.29, 1.82) is 0 Å². The number of thiophene rings is 1. The Balaban J connectivity index is 2.24. The largest absolute Gasteiger partial charge is 0.272 e. The maximum absolute atomic E-state index is 10.9. The van der Waals surface area contributed by atoms with E-state index >= 15 is 0 Å². The highest BCUT2D eigenvalue weighted by atomic mass is 79.9. The Morgan fingerprint density at radius 3 is 2.63 bits per heavy atom. The topological polar surface area (TPSA) is 43.1 Å². The lowest BCUT2D eigenvalue weighted by Crippen LogP contribution is -1.99. The van der Waals surface area contributed by atoms with Crippen LogP contribution in [0.25, 0.3) is 0 Å². The first kappa shape index (κ1) is 15.0. The Hall–Kier alpha value is -0.430. The number of halogens is 3. The molecular formula is C12H8Br2ClNO2S. The van der Waals surface area contributed by atoms with E-state index in [2.05, 4.69) is 31.9 Å². The molecule has 19 heavy (non-hydrogen) atoms. The molecule has 1 aromatic heterocycles. The average molecular weight is 426 g/mol. The van der Waals surface area contributed by atoms with Crippen molar-refractivity contribution in [2.24, 2.45) is 0 Å². The lowest BCUT2D eigenvalue weighted by molar-refractivity contribution is -0.385. The van der Waals surface area contributed by atoms with E-state index in [-0.39, 0.29) is 16.0 Å². The zero-order valence-corrected chi connectivity index (χ0v) is 14.2. The van der Waals surface area contributed by atoms with Gasteiger partial charge in [0.05, 0.1) is 14.1 Å². The van der Waals surface area contributed by atoms with Gasteiger partial charge in [-0.2, -0.15) is 0 Å². The number of hydrogen-bond donors (Lipinski definition) is 0. The number of nitrogens with zero attached hydrogens (tertiary/aromatic N) is 1. The molecule has 0 bridgehead atoms. The average Bonchev–Trinajstić information content (AvgIpc) is 2.70. The van der Waals surface area contributed by atoms with E-state index in [1.54, 1.807) is 18.2 Å². The van der Waals surface area contributed by atoms with Crippen LogP contribution in [0.15, 0.2) is 38.6 Å². The number of rotatable bonds is 4. The van der Waals surface area contributed by atoms with Crippen LogP contribution < -0.4 is 0 Å². The second-order valence-electron chi connectivity index (χ2n) is 3.83. The first-order chi connectivity index (χ1) is 8.99. The molecule has 0 spiro atoms. The first-order valence-electron chi connectivity index (χ1n) is 5.30. The number of alkyl halides is 1. The summed E-state index contributed by atoms with van der Waals surface area (Å²) in [5.74, 6) is 0. The van der Waals surface area contributed by atoms with Gasteiger partial charge in [0.25, 0.3) is 5.69 Å². The summed E-state index contributed by atoms with van der Waals surface area (Å²) in [6, 6.07) is 8.61. The molecule has 0 aliphatic heterocycles. The molecule has 0 fully saturated rings. The van der Waals surface area contributed by atoms with Crippen molar-refractivity contribution in [1.82, 2.24) is 0 Å². The number of para-hydroxylation sites is 1. The fraction of sp³-hybridized carbons (Fsp3) is 0.167. The minimum Gasteiger partial charge on any atom is -0.258 e. The molecule has 0 radical (unpaired) electrons. The van der Waals surface area contributed by atoms with Crippen molar-refractivity contribution in [3.05, 3.63) is 59.1 Å². The van der Waals surface area contributed by atoms with Crippen LogP contribution >= 0.6 is 54.8 Å². The summed E-state index contributed by atoms with van der Waals surface area (Å²) >= 11 is 14.7. The van der Waals surface area contributed by atoms with Crippen LogP contribution in [0.2, 0.25) is 0 Å². The number of nitro benzene ring substituents is 1. The van der Waals surface area contributed by atoms with Crippen molar-refractivity contribution in [3.8, 4) is 0 Å². The normalized spacial score (nSPS) is 12.4. The summed E-state index contributed by atoms with van der Waals surface area (Å²) in [6.45, 7) is 0. The van der Waals surface area contributed by atoms with Crippen LogP contribution in [0.1, 0.15) is 15.8 Å². The number of hydrogen-bond acceptors (Lipinski definition) is 3. The van der Waals surface area contributed by atoms with Gasteiger partial charge in [0.15, 0.2) is 0 Å². The summed E-state index contributed by atoms with van der Waals surface area (Å²) < 4.78 is 1.91. The van der Waals surface area contributed by atoms with E-state index in [0.29, 0.717) is 12.0 Å². The molecule has 1 heterocycles. The highest BCUT2D eigenvalue weighted by Crippen LogP contribution is 2.39. The molecule has 0 saturated heterocycles. The third-order valence-corrected chi connectivity index (χ3v) is 6.45. The molecule has 1 atom stereocenters. The Labute approximate surface area is 136 Å². The molecule has 0 aliphatic rings. The predicted octanol–water partition coefficient (Wildman–Crippen LogP) is 5.70. The summed E-state index contributed by atoms with van der Waals surface area (Å²) in [5.41, 5.74) is 0.760. The van der Waals surface area contributed by atoms with Crippen molar-refractivity contribution in [3.63, 3.8) is 0 Å². The third kappa shape index (κ3) is 3.56. The fourth-order valence-electron chi connectivity index (χ4n) is 1.67. The van der Waals surface area contributed by atoms with Gasteiger partial charge in [-0.25, -0.2) is 0 Å². The van der Waals surface area contributed by atoms with Gasteiger partial charge >= 0.3 is 0 Å². The Kier molecular flexibility index (Phi) is 5.00. The van der Waals surface area contributed by atoms with E-state index in [9.17, 15) is 10.1 Å². The fourth-order valence-corrected chi connectivity index (χ4v) is 4.10. The van der Waals surface area contributed by atoms with E-state index < -0.39 is 0 Å². The molecule has 0 N–H and O–H groups in total. The highest BCUT2D eigenvalue weighted by Gasteiger charge is 2.19. The first-order valence-corrected chi connectivity index (χ1v) is 8.14. The van der Waals surface area contributed by atoms with Gasteiger partial charge in [-0.15, -0.1) is 22.9 Å². The smallest absolute Gasteiger partial charge is 0.258 e. The SMILES string of the molecule is O=[N+]([O-])c1ccccc1CC(Cl)c1cc(Br)c(Br)s1. The van der Waals surface area contributed by atoms with Crippen LogP contribution in [-0.2, 0) is 6.42 Å². The highest BCUT2D eigenvalue weighted by molar-refractivity contribution is 9.13. The Bertz CT molecular complexity index is 598.